The van der Waals surface area contributed by atoms with Crippen molar-refractivity contribution in [2.45, 2.75) is 11.8 Å². The summed E-state index contributed by atoms with van der Waals surface area (Å²) in [6.45, 7) is 1.77. The standard InChI is InChI=1S/C19H16FN3O5S/c1-12-18(21-11-28-12)19(24)22-14-4-7-16-17(10-14)29(25,26)23(8-9-27-16)15-5-2-13(20)3-6-15/h2-7,10-11H,8-9H2,1H3,(H,22,24). The van der Waals surface area contributed by atoms with Gasteiger partial charge in [-0.25, -0.2) is 17.8 Å². The number of nitrogens with one attached hydrogen (secondary N) is 1. The predicted octanol–water partition coefficient (Wildman–Crippen LogP) is 2.96. The Kier molecular flexibility index (Phi) is 4.71. The van der Waals surface area contributed by atoms with E-state index in [2.05, 4.69) is 10.3 Å². The maximum Gasteiger partial charge on any atom is 0.277 e. The Balaban J connectivity index is 1.70. The number of hydrogen-bond donors (Lipinski definition) is 1. The van der Waals surface area contributed by atoms with Crippen LogP contribution in [0.15, 0.2) is 58.2 Å². The summed E-state index contributed by atoms with van der Waals surface area (Å²) in [7, 11) is -4.01. The molecule has 29 heavy (non-hydrogen) atoms. The molecule has 0 spiro atoms. The van der Waals surface area contributed by atoms with Crippen molar-refractivity contribution in [1.82, 2.24) is 4.98 Å². The van der Waals surface area contributed by atoms with Gasteiger partial charge in [0.25, 0.3) is 15.9 Å². The minimum atomic E-state index is -4.01. The lowest BCUT2D eigenvalue weighted by molar-refractivity contribution is 0.102. The van der Waals surface area contributed by atoms with Crippen LogP contribution in [0.25, 0.3) is 0 Å². The molecule has 4 rings (SSSR count). The summed E-state index contributed by atoms with van der Waals surface area (Å²) in [4.78, 5) is 16.1. The third-order valence-corrected chi connectivity index (χ3v) is 6.24. The highest BCUT2D eigenvalue weighted by Crippen LogP contribution is 2.34. The zero-order valence-electron chi connectivity index (χ0n) is 15.3. The molecule has 0 aliphatic carbocycles. The molecule has 0 saturated carbocycles. The molecule has 0 atom stereocenters. The van der Waals surface area contributed by atoms with E-state index in [1.54, 1.807) is 6.92 Å². The number of carbonyl (C=O) groups is 1. The summed E-state index contributed by atoms with van der Waals surface area (Å²) in [5.74, 6) is -0.481. The average molecular weight is 417 g/mol. The maximum absolute atomic E-state index is 13.2. The highest BCUT2D eigenvalue weighted by molar-refractivity contribution is 7.93. The normalized spacial score (nSPS) is 15.2. The van der Waals surface area contributed by atoms with Gasteiger partial charge in [0.05, 0.1) is 12.2 Å². The van der Waals surface area contributed by atoms with Crippen LogP contribution in [-0.4, -0.2) is 32.5 Å². The van der Waals surface area contributed by atoms with Crippen LogP contribution in [0.3, 0.4) is 0 Å². The summed E-state index contributed by atoms with van der Waals surface area (Å²) >= 11 is 0. The van der Waals surface area contributed by atoms with Crippen molar-refractivity contribution >= 4 is 27.3 Å². The molecule has 1 amide bonds. The third-order valence-electron chi connectivity index (χ3n) is 4.40. The van der Waals surface area contributed by atoms with E-state index in [-0.39, 0.29) is 35.2 Å². The van der Waals surface area contributed by atoms with Gasteiger partial charge in [-0.15, -0.1) is 0 Å². The molecule has 1 aromatic heterocycles. The minimum absolute atomic E-state index is 0.0580. The van der Waals surface area contributed by atoms with Crippen molar-refractivity contribution in [2.24, 2.45) is 0 Å². The van der Waals surface area contributed by atoms with Crippen molar-refractivity contribution in [3.63, 3.8) is 0 Å². The molecule has 1 aliphatic rings. The fourth-order valence-electron chi connectivity index (χ4n) is 2.97. The molecule has 2 aromatic carbocycles. The molecule has 1 aliphatic heterocycles. The van der Waals surface area contributed by atoms with E-state index >= 15 is 0 Å². The van der Waals surface area contributed by atoms with E-state index in [4.69, 9.17) is 9.15 Å². The second kappa shape index (κ2) is 7.21. The molecular weight excluding hydrogens is 401 g/mol. The quantitative estimate of drug-likeness (QED) is 0.703. The van der Waals surface area contributed by atoms with Crippen LogP contribution in [0.4, 0.5) is 15.8 Å². The number of anilines is 2. The van der Waals surface area contributed by atoms with E-state index in [1.807, 2.05) is 0 Å². The van der Waals surface area contributed by atoms with Gasteiger partial charge in [-0.05, 0) is 49.4 Å². The van der Waals surface area contributed by atoms with Crippen molar-refractivity contribution in [3.05, 3.63) is 66.1 Å². The minimum Gasteiger partial charge on any atom is -0.490 e. The fraction of sp³-hybridized carbons (Fsp3) is 0.158. The van der Waals surface area contributed by atoms with Crippen LogP contribution in [0.2, 0.25) is 0 Å². The number of nitrogens with zero attached hydrogens (tertiary/aromatic N) is 2. The van der Waals surface area contributed by atoms with Crippen LogP contribution in [-0.2, 0) is 10.0 Å². The van der Waals surface area contributed by atoms with Crippen LogP contribution in [0.1, 0.15) is 16.2 Å². The lowest BCUT2D eigenvalue weighted by Gasteiger charge is -2.21. The first-order valence-corrected chi connectivity index (χ1v) is 10.1. The van der Waals surface area contributed by atoms with Gasteiger partial charge in [0, 0.05) is 5.69 Å². The van der Waals surface area contributed by atoms with Gasteiger partial charge >= 0.3 is 0 Å². The number of aromatic nitrogens is 1. The van der Waals surface area contributed by atoms with Gasteiger partial charge in [-0.3, -0.25) is 9.10 Å². The van der Waals surface area contributed by atoms with Crippen molar-refractivity contribution in [1.29, 1.82) is 0 Å². The summed E-state index contributed by atoms with van der Waals surface area (Å²) in [6, 6.07) is 9.48. The van der Waals surface area contributed by atoms with E-state index in [9.17, 15) is 17.6 Å². The van der Waals surface area contributed by atoms with Gasteiger partial charge in [0.15, 0.2) is 12.1 Å². The second-order valence-electron chi connectivity index (χ2n) is 6.27. The molecule has 2 heterocycles. The Morgan fingerprint density at radius 2 is 1.97 bits per heavy atom. The monoisotopic (exact) mass is 417 g/mol. The number of aryl methyl sites for hydroxylation is 1. The zero-order chi connectivity index (χ0) is 20.6. The number of amides is 1. The van der Waals surface area contributed by atoms with Crippen molar-refractivity contribution in [3.8, 4) is 5.75 Å². The number of fused-ring (bicyclic) bond motifs is 1. The number of halogens is 1. The molecule has 150 valence electrons. The fourth-order valence-corrected chi connectivity index (χ4v) is 4.58. The van der Waals surface area contributed by atoms with Crippen LogP contribution < -0.4 is 14.4 Å². The van der Waals surface area contributed by atoms with Crippen molar-refractivity contribution < 1.29 is 26.8 Å². The van der Waals surface area contributed by atoms with Gasteiger partial charge in [-0.2, -0.15) is 0 Å². The SMILES string of the molecule is Cc1ocnc1C(=O)Nc1ccc2c(c1)S(=O)(=O)N(c1ccc(F)cc1)CCO2. The van der Waals surface area contributed by atoms with Gasteiger partial charge < -0.3 is 14.5 Å². The smallest absolute Gasteiger partial charge is 0.277 e. The summed E-state index contributed by atoms with van der Waals surface area (Å²) in [5, 5.41) is 2.61. The van der Waals surface area contributed by atoms with Gasteiger partial charge in [-0.1, -0.05) is 0 Å². The summed E-state index contributed by atoms with van der Waals surface area (Å²) in [6.07, 6.45) is 1.15. The van der Waals surface area contributed by atoms with Crippen molar-refractivity contribution in [2.75, 3.05) is 22.8 Å². The largest absolute Gasteiger partial charge is 0.490 e. The molecule has 0 radical (unpaired) electrons. The third kappa shape index (κ3) is 3.54. The first-order chi connectivity index (χ1) is 13.9. The molecule has 1 N–H and O–H groups in total. The number of rotatable bonds is 3. The van der Waals surface area contributed by atoms with E-state index < -0.39 is 21.7 Å². The number of ether oxygens (including phenoxy) is 1. The van der Waals surface area contributed by atoms with E-state index in [1.165, 1.54) is 42.5 Å². The van der Waals surface area contributed by atoms with Crippen LogP contribution >= 0.6 is 0 Å². The molecule has 3 aromatic rings. The van der Waals surface area contributed by atoms with Crippen LogP contribution in [0.5, 0.6) is 5.75 Å². The Labute approximate surface area is 166 Å². The molecule has 0 fully saturated rings. The highest BCUT2D eigenvalue weighted by Gasteiger charge is 2.31. The van der Waals surface area contributed by atoms with E-state index in [0.717, 1.165) is 10.7 Å². The van der Waals surface area contributed by atoms with Gasteiger partial charge in [0.1, 0.15) is 28.8 Å². The Hall–Kier alpha value is -3.40. The first-order valence-electron chi connectivity index (χ1n) is 8.63. The predicted molar refractivity (Wildman–Crippen MR) is 102 cm³/mol. The second-order valence-corrected chi connectivity index (χ2v) is 8.11. The number of sulfonamides is 1. The number of hydrogen-bond acceptors (Lipinski definition) is 6. The summed E-state index contributed by atoms with van der Waals surface area (Å²) < 4.78 is 51.5. The molecule has 10 heteroatoms. The first kappa shape index (κ1) is 18.9. The number of carbonyl (C=O) groups excluding carboxylic acids is 1. The topological polar surface area (TPSA) is 102 Å². The maximum atomic E-state index is 13.2. The number of benzene rings is 2. The Morgan fingerprint density at radius 3 is 2.66 bits per heavy atom. The lowest BCUT2D eigenvalue weighted by Crippen LogP contribution is -2.32. The average Bonchev–Trinajstić information content (AvgIpc) is 3.07. The molecule has 0 bridgehead atoms. The van der Waals surface area contributed by atoms with Crippen LogP contribution in [0, 0.1) is 12.7 Å². The zero-order valence-corrected chi connectivity index (χ0v) is 16.1. The lowest BCUT2D eigenvalue weighted by atomic mass is 10.2. The molecule has 0 unspecified atom stereocenters. The highest BCUT2D eigenvalue weighted by atomic mass is 32.2. The number of oxazole rings is 1. The molecular formula is C19H16FN3O5S. The molecule has 8 nitrogen and oxygen atoms in total. The van der Waals surface area contributed by atoms with Gasteiger partial charge in [0.2, 0.25) is 0 Å². The van der Waals surface area contributed by atoms with E-state index in [0.29, 0.717) is 11.4 Å². The molecule has 0 saturated heterocycles. The Morgan fingerprint density at radius 1 is 1.21 bits per heavy atom. The Bertz CT molecular complexity index is 1170. The summed E-state index contributed by atoms with van der Waals surface area (Å²) in [5.41, 5.74) is 0.673.